The number of unbranched alkanes of at least 4 members (excludes halogenated alkanes) is 42. The number of benzene rings is 2. The maximum Gasteiger partial charge on any atom is 0.204 e. The molecule has 558 valence electrons. The van der Waals surface area contributed by atoms with Gasteiger partial charge in [0, 0.05) is 56.3 Å². The van der Waals surface area contributed by atoms with Crippen molar-refractivity contribution >= 4 is 24.3 Å². The molecule has 0 bridgehead atoms. The number of rotatable bonds is 64. The SMILES string of the molecule is CCCCCCCCCCOc1ccc(/C=C/c2ccncc2)c(OCCCCCCCCCC)c1OCCCCCCCCCC.CCCCCCCCCCOc1ccc(/C=C/c2ccncc2)c(OCCCCCCCCCC)c1OCCCCCCCCCC.[Cl-].[Cl-].[Pd]. The molecule has 0 amide bonds. The summed E-state index contributed by atoms with van der Waals surface area (Å²) in [6.45, 7) is 17.9. The van der Waals surface area contributed by atoms with Crippen LogP contribution in [0.2, 0.25) is 0 Å². The van der Waals surface area contributed by atoms with E-state index in [4.69, 9.17) is 28.4 Å². The van der Waals surface area contributed by atoms with Gasteiger partial charge in [-0.15, -0.1) is 0 Å². The molecule has 11 heteroatoms. The monoisotopic (exact) mass is 1470 g/mol. The molecule has 0 atom stereocenters. The Balaban J connectivity index is 0.00000184. The first-order valence-electron chi connectivity index (χ1n) is 39.9. The molecule has 2 aromatic heterocycles. The van der Waals surface area contributed by atoms with Crippen LogP contribution in [0.15, 0.2) is 73.3 Å². The molecule has 0 fully saturated rings. The first-order chi connectivity index (χ1) is 46.6. The number of pyridine rings is 2. The van der Waals surface area contributed by atoms with E-state index in [1.807, 2.05) is 49.1 Å². The van der Waals surface area contributed by atoms with E-state index >= 15 is 0 Å². The Kier molecular flexibility index (Phi) is 68.0. The predicted octanol–water partition coefficient (Wildman–Crippen LogP) is 21.6. The van der Waals surface area contributed by atoms with Gasteiger partial charge in [0.2, 0.25) is 11.5 Å². The number of hydrogen-bond acceptors (Lipinski definition) is 8. The molecule has 4 aromatic rings. The molecule has 0 saturated heterocycles. The Bertz CT molecular complexity index is 2200. The van der Waals surface area contributed by atoms with Gasteiger partial charge in [0.1, 0.15) is 0 Å². The van der Waals surface area contributed by atoms with Gasteiger partial charge in [-0.1, -0.05) is 336 Å². The first kappa shape index (κ1) is 93.3. The van der Waals surface area contributed by atoms with E-state index in [0.29, 0.717) is 39.6 Å². The van der Waals surface area contributed by atoms with Crippen LogP contribution < -0.4 is 53.2 Å². The minimum absolute atomic E-state index is 0. The van der Waals surface area contributed by atoms with Crippen molar-refractivity contribution in [1.82, 2.24) is 9.97 Å². The summed E-state index contributed by atoms with van der Waals surface area (Å²) in [7, 11) is 0. The van der Waals surface area contributed by atoms with Gasteiger partial charge in [-0.3, -0.25) is 9.97 Å². The van der Waals surface area contributed by atoms with E-state index in [2.05, 4.69) is 100 Å². The molecule has 0 unspecified atom stereocenters. The van der Waals surface area contributed by atoms with Crippen molar-refractivity contribution < 1.29 is 73.7 Å². The van der Waals surface area contributed by atoms with Gasteiger partial charge in [-0.2, -0.15) is 0 Å². The van der Waals surface area contributed by atoms with Crippen molar-refractivity contribution in [2.45, 2.75) is 350 Å². The van der Waals surface area contributed by atoms with Crippen LogP contribution in [0.1, 0.15) is 372 Å². The Morgan fingerprint density at radius 3 is 0.649 bits per heavy atom. The summed E-state index contributed by atoms with van der Waals surface area (Å²) in [6, 6.07) is 16.5. The van der Waals surface area contributed by atoms with Crippen molar-refractivity contribution in [3.63, 3.8) is 0 Å². The zero-order chi connectivity index (χ0) is 66.9. The van der Waals surface area contributed by atoms with E-state index in [-0.39, 0.29) is 45.2 Å². The van der Waals surface area contributed by atoms with Crippen molar-refractivity contribution in [2.24, 2.45) is 0 Å². The van der Waals surface area contributed by atoms with Crippen LogP contribution in [-0.4, -0.2) is 49.6 Å². The van der Waals surface area contributed by atoms with E-state index in [1.165, 1.54) is 270 Å². The summed E-state index contributed by atoms with van der Waals surface area (Å²) in [6.07, 6.45) is 77.5. The average molecular weight is 1480 g/mol. The van der Waals surface area contributed by atoms with Crippen molar-refractivity contribution in [3.05, 3.63) is 95.6 Å². The largest absolute Gasteiger partial charge is 1.00 e. The third-order valence-electron chi connectivity index (χ3n) is 18.0. The Morgan fingerprint density at radius 2 is 0.423 bits per heavy atom. The fraction of sp³-hybridized carbons (Fsp3) is 0.698. The molecular weight excluding hydrogens is 1330 g/mol. The van der Waals surface area contributed by atoms with Crippen LogP contribution >= 0.6 is 0 Å². The molecule has 0 aliphatic heterocycles. The molecular formula is C86H142Cl2N2O6Pd-2. The van der Waals surface area contributed by atoms with Gasteiger partial charge in [0.05, 0.1) is 39.6 Å². The number of halogens is 2. The summed E-state index contributed by atoms with van der Waals surface area (Å²) in [5.74, 6) is 4.85. The van der Waals surface area contributed by atoms with Crippen LogP contribution in [0.4, 0.5) is 0 Å². The standard InChI is InChI=1S/2C43H71NO3.2ClH.Pd/c2*1-4-7-10-13-16-19-22-25-36-45-41-31-30-40(29-28-39-32-34-44-35-33-39)42(46-37-26-23-20-17-14-11-8-5-2)43(41)47-38-27-24-21-18-15-12-9-6-3;;;/h2*28-35H,4-27,36-38H2,1-3H3;2*1H;/p-2/b2*29-28+;;;. The van der Waals surface area contributed by atoms with Gasteiger partial charge in [-0.05, 0) is 98.2 Å². The summed E-state index contributed by atoms with van der Waals surface area (Å²) < 4.78 is 39.2. The fourth-order valence-electron chi connectivity index (χ4n) is 12.0. The number of hydrogen-bond donors (Lipinski definition) is 0. The molecule has 4 rings (SSSR count). The number of ether oxygens (including phenoxy) is 6. The second-order valence-corrected chi connectivity index (χ2v) is 26.8. The summed E-state index contributed by atoms with van der Waals surface area (Å²) in [4.78, 5) is 8.34. The zero-order valence-electron chi connectivity index (χ0n) is 62.8. The van der Waals surface area contributed by atoms with E-state index in [0.717, 1.165) is 95.3 Å². The number of nitrogens with zero attached hydrogens (tertiary/aromatic N) is 2. The summed E-state index contributed by atoms with van der Waals surface area (Å²) in [5.41, 5.74) is 4.30. The normalized spacial score (nSPS) is 11.0. The minimum Gasteiger partial charge on any atom is -1.00 e. The molecule has 0 aliphatic rings. The third-order valence-corrected chi connectivity index (χ3v) is 18.0. The maximum absolute atomic E-state index is 6.60. The molecule has 2 aromatic carbocycles. The second kappa shape index (κ2) is 70.7. The van der Waals surface area contributed by atoms with Crippen molar-refractivity contribution in [2.75, 3.05) is 39.6 Å². The van der Waals surface area contributed by atoms with Crippen LogP contribution in [-0.2, 0) is 20.4 Å². The zero-order valence-corrected chi connectivity index (χ0v) is 65.9. The van der Waals surface area contributed by atoms with Gasteiger partial charge in [0.15, 0.2) is 23.0 Å². The topological polar surface area (TPSA) is 81.2 Å². The molecule has 0 radical (unpaired) electrons. The Labute approximate surface area is 623 Å². The van der Waals surface area contributed by atoms with Gasteiger partial charge in [0.25, 0.3) is 0 Å². The molecule has 2 heterocycles. The maximum atomic E-state index is 6.60. The van der Waals surface area contributed by atoms with E-state index < -0.39 is 0 Å². The van der Waals surface area contributed by atoms with Crippen LogP contribution in [0.25, 0.3) is 24.3 Å². The summed E-state index contributed by atoms with van der Waals surface area (Å²) >= 11 is 0. The van der Waals surface area contributed by atoms with Crippen LogP contribution in [0.5, 0.6) is 34.5 Å². The summed E-state index contributed by atoms with van der Waals surface area (Å²) in [5, 5.41) is 0. The minimum atomic E-state index is 0. The number of aromatic nitrogens is 2. The second-order valence-electron chi connectivity index (χ2n) is 26.8. The van der Waals surface area contributed by atoms with E-state index in [9.17, 15) is 0 Å². The molecule has 0 spiro atoms. The first-order valence-corrected chi connectivity index (χ1v) is 39.9. The van der Waals surface area contributed by atoms with Crippen LogP contribution in [0, 0.1) is 0 Å². The van der Waals surface area contributed by atoms with Crippen molar-refractivity contribution in [3.8, 4) is 34.5 Å². The third kappa shape index (κ3) is 50.3. The fourth-order valence-corrected chi connectivity index (χ4v) is 12.0. The van der Waals surface area contributed by atoms with Crippen LogP contribution in [0.3, 0.4) is 0 Å². The Morgan fingerprint density at radius 1 is 0.227 bits per heavy atom. The predicted molar refractivity (Wildman–Crippen MR) is 408 cm³/mol. The van der Waals surface area contributed by atoms with Gasteiger partial charge < -0.3 is 53.2 Å². The molecule has 97 heavy (non-hydrogen) atoms. The van der Waals surface area contributed by atoms with Gasteiger partial charge >= 0.3 is 0 Å². The Hall–Kier alpha value is -3.74. The molecule has 8 nitrogen and oxygen atoms in total. The average Bonchev–Trinajstić information content (AvgIpc) is 0.856. The smallest absolute Gasteiger partial charge is 0.204 e. The molecule has 0 saturated carbocycles. The van der Waals surface area contributed by atoms with Crippen molar-refractivity contribution in [1.29, 1.82) is 0 Å². The van der Waals surface area contributed by atoms with Gasteiger partial charge in [-0.25, -0.2) is 0 Å². The molecule has 0 aliphatic carbocycles. The molecule has 0 N–H and O–H groups in total. The quantitative estimate of drug-likeness (QED) is 0.0319. The van der Waals surface area contributed by atoms with E-state index in [1.54, 1.807) is 0 Å².